The first-order chi connectivity index (χ1) is 8.34. The topological polar surface area (TPSA) is 51.0 Å². The van der Waals surface area contributed by atoms with E-state index >= 15 is 0 Å². The standard InChI is InChI=1S/C11H12N4OS/c16-11(9-2-6-17-8-9)14-5-1-10(7-14)15-12-3-4-13-15/h2-4,6,8,10H,1,5,7H2/t10-/m1/s1. The second-order valence-electron chi connectivity index (χ2n) is 4.06. The molecule has 0 unspecified atom stereocenters. The molecule has 1 saturated heterocycles. The molecule has 1 amide bonds. The van der Waals surface area contributed by atoms with Crippen LogP contribution in [0.1, 0.15) is 22.8 Å². The quantitative estimate of drug-likeness (QED) is 0.807. The van der Waals surface area contributed by atoms with Crippen LogP contribution in [0.3, 0.4) is 0 Å². The lowest BCUT2D eigenvalue weighted by molar-refractivity contribution is 0.0786. The van der Waals surface area contributed by atoms with Crippen LogP contribution >= 0.6 is 11.3 Å². The number of thiophene rings is 1. The number of nitrogens with zero attached hydrogens (tertiary/aromatic N) is 4. The monoisotopic (exact) mass is 248 g/mol. The van der Waals surface area contributed by atoms with Gasteiger partial charge in [0.05, 0.1) is 24.0 Å². The maximum absolute atomic E-state index is 12.1. The lowest BCUT2D eigenvalue weighted by atomic mass is 10.3. The minimum atomic E-state index is 0.112. The summed E-state index contributed by atoms with van der Waals surface area (Å²) in [5.41, 5.74) is 0.782. The molecule has 0 bridgehead atoms. The van der Waals surface area contributed by atoms with Crippen LogP contribution in [0.2, 0.25) is 0 Å². The highest BCUT2D eigenvalue weighted by molar-refractivity contribution is 7.08. The van der Waals surface area contributed by atoms with Gasteiger partial charge in [-0.1, -0.05) is 0 Å². The smallest absolute Gasteiger partial charge is 0.254 e. The Kier molecular flexibility index (Phi) is 2.64. The van der Waals surface area contributed by atoms with E-state index in [4.69, 9.17) is 0 Å². The van der Waals surface area contributed by atoms with Gasteiger partial charge in [-0.2, -0.15) is 26.3 Å². The van der Waals surface area contributed by atoms with Gasteiger partial charge in [-0.05, 0) is 17.9 Å². The Morgan fingerprint density at radius 3 is 2.94 bits per heavy atom. The van der Waals surface area contributed by atoms with Crippen molar-refractivity contribution >= 4 is 17.2 Å². The summed E-state index contributed by atoms with van der Waals surface area (Å²) in [5, 5.41) is 12.1. The molecule has 1 atom stereocenters. The third-order valence-electron chi connectivity index (χ3n) is 2.98. The largest absolute Gasteiger partial charge is 0.336 e. The van der Waals surface area contributed by atoms with E-state index in [2.05, 4.69) is 10.2 Å². The van der Waals surface area contributed by atoms with Crippen LogP contribution in [-0.4, -0.2) is 38.9 Å². The maximum atomic E-state index is 12.1. The molecule has 2 aromatic rings. The number of rotatable bonds is 2. The lowest BCUT2D eigenvalue weighted by Crippen LogP contribution is -2.29. The zero-order chi connectivity index (χ0) is 11.7. The zero-order valence-electron chi connectivity index (χ0n) is 9.19. The van der Waals surface area contributed by atoms with Crippen molar-refractivity contribution < 1.29 is 4.79 Å². The molecule has 0 N–H and O–H groups in total. The van der Waals surface area contributed by atoms with E-state index in [0.717, 1.165) is 18.5 Å². The average molecular weight is 248 g/mol. The predicted octanol–water partition coefficient (Wildman–Crippen LogP) is 1.43. The van der Waals surface area contributed by atoms with Crippen LogP contribution < -0.4 is 0 Å². The summed E-state index contributed by atoms with van der Waals surface area (Å²) in [6.45, 7) is 1.48. The van der Waals surface area contributed by atoms with Crippen molar-refractivity contribution in [2.75, 3.05) is 13.1 Å². The number of carbonyl (C=O) groups excluding carboxylic acids is 1. The SMILES string of the molecule is O=C(c1ccsc1)N1CC[C@@H](n2nccn2)C1. The van der Waals surface area contributed by atoms with Gasteiger partial charge in [-0.15, -0.1) is 0 Å². The molecule has 1 aliphatic heterocycles. The summed E-state index contributed by atoms with van der Waals surface area (Å²) in [7, 11) is 0. The van der Waals surface area contributed by atoms with Crippen molar-refractivity contribution in [1.29, 1.82) is 0 Å². The highest BCUT2D eigenvalue weighted by atomic mass is 32.1. The Morgan fingerprint density at radius 1 is 1.41 bits per heavy atom. The minimum absolute atomic E-state index is 0.112. The Morgan fingerprint density at radius 2 is 2.24 bits per heavy atom. The predicted molar refractivity (Wildman–Crippen MR) is 63.9 cm³/mol. The van der Waals surface area contributed by atoms with Gasteiger partial charge >= 0.3 is 0 Å². The van der Waals surface area contributed by atoms with Crippen LogP contribution in [0.5, 0.6) is 0 Å². The van der Waals surface area contributed by atoms with Crippen molar-refractivity contribution in [3.63, 3.8) is 0 Å². The molecule has 6 heteroatoms. The van der Waals surface area contributed by atoms with Gasteiger partial charge in [-0.3, -0.25) is 4.79 Å². The molecule has 2 aromatic heterocycles. The van der Waals surface area contributed by atoms with Crippen LogP contribution in [-0.2, 0) is 0 Å². The molecule has 0 radical (unpaired) electrons. The first-order valence-electron chi connectivity index (χ1n) is 5.52. The number of hydrogen-bond donors (Lipinski definition) is 0. The van der Waals surface area contributed by atoms with E-state index in [0.29, 0.717) is 6.54 Å². The maximum Gasteiger partial charge on any atom is 0.254 e. The summed E-state index contributed by atoms with van der Waals surface area (Å²) < 4.78 is 0. The van der Waals surface area contributed by atoms with Crippen molar-refractivity contribution in [2.45, 2.75) is 12.5 Å². The Labute approximate surface area is 103 Å². The summed E-state index contributed by atoms with van der Waals surface area (Å²) in [5.74, 6) is 0.112. The fourth-order valence-electron chi connectivity index (χ4n) is 2.10. The number of hydrogen-bond acceptors (Lipinski definition) is 4. The van der Waals surface area contributed by atoms with Crippen molar-refractivity contribution in [3.05, 3.63) is 34.8 Å². The fraction of sp³-hybridized carbons (Fsp3) is 0.364. The first kappa shape index (κ1) is 10.5. The summed E-state index contributed by atoms with van der Waals surface area (Å²) in [6, 6.07) is 2.08. The Hall–Kier alpha value is -1.69. The third-order valence-corrected chi connectivity index (χ3v) is 3.67. The number of amides is 1. The van der Waals surface area contributed by atoms with Gasteiger partial charge in [0.2, 0.25) is 0 Å². The zero-order valence-corrected chi connectivity index (χ0v) is 10.0. The highest BCUT2D eigenvalue weighted by Crippen LogP contribution is 2.22. The van der Waals surface area contributed by atoms with Gasteiger partial charge in [0, 0.05) is 18.5 Å². The molecule has 0 aliphatic carbocycles. The first-order valence-corrected chi connectivity index (χ1v) is 6.46. The van der Waals surface area contributed by atoms with E-state index < -0.39 is 0 Å². The van der Waals surface area contributed by atoms with Gasteiger partial charge in [0.25, 0.3) is 5.91 Å². The molecular weight excluding hydrogens is 236 g/mol. The molecular formula is C11H12N4OS. The summed E-state index contributed by atoms with van der Waals surface area (Å²) in [6.07, 6.45) is 4.26. The molecule has 88 valence electrons. The van der Waals surface area contributed by atoms with Gasteiger partial charge in [-0.25, -0.2) is 0 Å². The van der Waals surface area contributed by atoms with E-state index in [1.165, 1.54) is 0 Å². The van der Waals surface area contributed by atoms with E-state index in [1.54, 1.807) is 28.5 Å². The van der Waals surface area contributed by atoms with Crippen LogP contribution in [0.4, 0.5) is 0 Å². The average Bonchev–Trinajstić information content (AvgIpc) is 3.09. The lowest BCUT2D eigenvalue weighted by Gasteiger charge is -2.15. The fourth-order valence-corrected chi connectivity index (χ4v) is 2.73. The molecule has 1 fully saturated rings. The number of aromatic nitrogens is 3. The van der Waals surface area contributed by atoms with Crippen molar-refractivity contribution in [2.24, 2.45) is 0 Å². The normalized spacial score (nSPS) is 19.8. The molecule has 5 nitrogen and oxygen atoms in total. The van der Waals surface area contributed by atoms with Gasteiger partial charge in [0.1, 0.15) is 0 Å². The highest BCUT2D eigenvalue weighted by Gasteiger charge is 2.28. The van der Waals surface area contributed by atoms with Crippen LogP contribution in [0.15, 0.2) is 29.2 Å². The minimum Gasteiger partial charge on any atom is -0.336 e. The Balaban J connectivity index is 1.70. The van der Waals surface area contributed by atoms with E-state index in [1.807, 2.05) is 21.7 Å². The van der Waals surface area contributed by atoms with E-state index in [-0.39, 0.29) is 11.9 Å². The number of carbonyl (C=O) groups is 1. The molecule has 3 heterocycles. The third kappa shape index (κ3) is 1.95. The second kappa shape index (κ2) is 4.29. The van der Waals surface area contributed by atoms with Crippen LogP contribution in [0, 0.1) is 0 Å². The van der Waals surface area contributed by atoms with E-state index in [9.17, 15) is 4.79 Å². The van der Waals surface area contributed by atoms with Gasteiger partial charge in [0.15, 0.2) is 0 Å². The molecule has 3 rings (SSSR count). The molecule has 0 saturated carbocycles. The van der Waals surface area contributed by atoms with Gasteiger partial charge < -0.3 is 4.90 Å². The molecule has 17 heavy (non-hydrogen) atoms. The second-order valence-corrected chi connectivity index (χ2v) is 4.84. The summed E-state index contributed by atoms with van der Waals surface area (Å²) in [4.78, 5) is 15.7. The molecule has 1 aliphatic rings. The Bertz CT molecular complexity index is 494. The summed E-state index contributed by atoms with van der Waals surface area (Å²) >= 11 is 1.55. The van der Waals surface area contributed by atoms with Crippen molar-refractivity contribution in [3.8, 4) is 0 Å². The molecule has 0 spiro atoms. The molecule has 0 aromatic carbocycles. The van der Waals surface area contributed by atoms with Crippen molar-refractivity contribution in [1.82, 2.24) is 19.9 Å². The number of likely N-dealkylation sites (tertiary alicyclic amines) is 1. The van der Waals surface area contributed by atoms with Crippen LogP contribution in [0.25, 0.3) is 0 Å².